The summed E-state index contributed by atoms with van der Waals surface area (Å²) in [6, 6.07) is 11.9. The lowest BCUT2D eigenvalue weighted by Gasteiger charge is -2.14. The largest absolute Gasteiger partial charge is 0.451 e. The van der Waals surface area contributed by atoms with Crippen molar-refractivity contribution in [3.05, 3.63) is 71.0 Å². The van der Waals surface area contributed by atoms with Crippen molar-refractivity contribution in [2.75, 3.05) is 18.2 Å². The zero-order chi connectivity index (χ0) is 22.6. The molecular formula is C20H15ClF3N3O3S. The van der Waals surface area contributed by atoms with E-state index in [2.05, 4.69) is 10.3 Å². The molecule has 1 aromatic heterocycles. The molecule has 0 saturated carbocycles. The quantitative estimate of drug-likeness (QED) is 0.403. The minimum absolute atomic E-state index is 0.0748. The van der Waals surface area contributed by atoms with E-state index in [1.807, 2.05) is 6.07 Å². The average molecular weight is 470 g/mol. The number of thioether (sulfide) groups is 1. The fourth-order valence-corrected chi connectivity index (χ4v) is 3.42. The number of nitrogens with zero attached hydrogens (tertiary/aromatic N) is 2. The first-order chi connectivity index (χ1) is 14.7. The summed E-state index contributed by atoms with van der Waals surface area (Å²) >= 11 is 6.92. The molecule has 1 N–H and O–H groups in total. The second-order valence-corrected chi connectivity index (χ2v) is 7.32. The third kappa shape index (κ3) is 5.39. The maximum Gasteiger partial charge on any atom is 0.418 e. The van der Waals surface area contributed by atoms with E-state index in [0.29, 0.717) is 16.9 Å². The van der Waals surface area contributed by atoms with Crippen LogP contribution < -0.4 is 5.32 Å². The van der Waals surface area contributed by atoms with Gasteiger partial charge in [-0.2, -0.15) is 13.2 Å². The van der Waals surface area contributed by atoms with E-state index < -0.39 is 35.9 Å². The summed E-state index contributed by atoms with van der Waals surface area (Å²) in [5.74, 6) is -1.78. The predicted octanol–water partition coefficient (Wildman–Crippen LogP) is 5.06. The number of para-hydroxylation sites is 1. The molecule has 0 fully saturated rings. The van der Waals surface area contributed by atoms with Gasteiger partial charge in [-0.1, -0.05) is 41.6 Å². The van der Waals surface area contributed by atoms with Gasteiger partial charge in [-0.3, -0.25) is 9.36 Å². The Bertz CT molecular complexity index is 1100. The van der Waals surface area contributed by atoms with Crippen LogP contribution in [-0.4, -0.2) is 34.3 Å². The van der Waals surface area contributed by atoms with Crippen LogP contribution in [-0.2, 0) is 15.7 Å². The van der Waals surface area contributed by atoms with Gasteiger partial charge in [0.1, 0.15) is 0 Å². The molecule has 0 bridgehead atoms. The van der Waals surface area contributed by atoms with E-state index in [1.165, 1.54) is 24.0 Å². The first kappa shape index (κ1) is 22.7. The minimum atomic E-state index is -4.72. The number of carbonyl (C=O) groups is 2. The summed E-state index contributed by atoms with van der Waals surface area (Å²) in [5, 5.41) is 2.49. The lowest BCUT2D eigenvalue weighted by molar-refractivity contribution is -0.137. The average Bonchev–Trinajstić information content (AvgIpc) is 3.17. The Kier molecular flexibility index (Phi) is 6.91. The van der Waals surface area contributed by atoms with Crippen molar-refractivity contribution >= 4 is 40.9 Å². The molecule has 0 saturated heterocycles. The molecule has 0 aliphatic carbocycles. The van der Waals surface area contributed by atoms with Crippen molar-refractivity contribution in [1.82, 2.24) is 9.55 Å². The number of esters is 1. The highest BCUT2D eigenvalue weighted by Gasteiger charge is 2.34. The van der Waals surface area contributed by atoms with Crippen molar-refractivity contribution in [2.24, 2.45) is 0 Å². The number of aromatic nitrogens is 2. The predicted molar refractivity (Wildman–Crippen MR) is 111 cm³/mol. The normalized spacial score (nSPS) is 11.3. The molecule has 3 rings (SSSR count). The SMILES string of the molecule is CSc1ncc(C(=O)OCC(=O)Nc2ccc(Cl)cc2C(F)(F)F)n1-c1ccccc1. The van der Waals surface area contributed by atoms with Crippen molar-refractivity contribution < 1.29 is 27.5 Å². The second-order valence-electron chi connectivity index (χ2n) is 6.11. The van der Waals surface area contributed by atoms with Crippen molar-refractivity contribution in [2.45, 2.75) is 11.3 Å². The molecule has 1 amide bonds. The Balaban J connectivity index is 1.73. The van der Waals surface area contributed by atoms with Gasteiger partial charge >= 0.3 is 12.1 Å². The van der Waals surface area contributed by atoms with Crippen molar-refractivity contribution in [1.29, 1.82) is 0 Å². The van der Waals surface area contributed by atoms with Gasteiger partial charge in [0.2, 0.25) is 0 Å². The van der Waals surface area contributed by atoms with Gasteiger partial charge in [0.05, 0.1) is 17.4 Å². The molecule has 2 aromatic carbocycles. The Hall–Kier alpha value is -2.98. The van der Waals surface area contributed by atoms with E-state index >= 15 is 0 Å². The Morgan fingerprint density at radius 2 is 1.90 bits per heavy atom. The molecule has 0 aliphatic heterocycles. The summed E-state index contributed by atoms with van der Waals surface area (Å²) in [4.78, 5) is 28.8. The minimum Gasteiger partial charge on any atom is -0.451 e. The third-order valence-electron chi connectivity index (χ3n) is 4.03. The maximum atomic E-state index is 13.1. The number of halogens is 4. The molecular weight excluding hydrogens is 455 g/mol. The van der Waals surface area contributed by atoms with Crippen molar-refractivity contribution in [3.8, 4) is 5.69 Å². The van der Waals surface area contributed by atoms with Gasteiger partial charge in [0.25, 0.3) is 5.91 Å². The molecule has 1 heterocycles. The Morgan fingerprint density at radius 1 is 1.19 bits per heavy atom. The number of imidazole rings is 1. The van der Waals surface area contributed by atoms with Gasteiger partial charge in [0, 0.05) is 10.7 Å². The first-order valence-electron chi connectivity index (χ1n) is 8.71. The van der Waals surface area contributed by atoms with E-state index in [4.69, 9.17) is 16.3 Å². The standard InChI is InChI=1S/C20H15ClF3N3O3S/c1-31-19-25-10-16(27(19)13-5-3-2-4-6-13)18(29)30-11-17(28)26-15-8-7-12(21)9-14(15)20(22,23)24/h2-10H,11H2,1H3,(H,26,28). The lowest BCUT2D eigenvalue weighted by atomic mass is 10.1. The number of nitrogens with one attached hydrogen (secondary N) is 1. The first-order valence-corrected chi connectivity index (χ1v) is 10.3. The molecule has 0 radical (unpaired) electrons. The molecule has 0 atom stereocenters. The number of rotatable bonds is 6. The number of amides is 1. The van der Waals surface area contributed by atoms with Crippen LogP contribution in [0.15, 0.2) is 59.9 Å². The molecule has 11 heteroatoms. The smallest absolute Gasteiger partial charge is 0.418 e. The van der Waals surface area contributed by atoms with E-state index in [1.54, 1.807) is 35.1 Å². The van der Waals surface area contributed by atoms with E-state index in [0.717, 1.165) is 6.07 Å². The summed E-state index contributed by atoms with van der Waals surface area (Å²) in [5.41, 5.74) is -0.856. The van der Waals surface area contributed by atoms with Gasteiger partial charge in [0.15, 0.2) is 17.5 Å². The van der Waals surface area contributed by atoms with Gasteiger partial charge < -0.3 is 10.1 Å². The van der Waals surface area contributed by atoms with Crippen LogP contribution in [0.3, 0.4) is 0 Å². The van der Waals surface area contributed by atoms with Gasteiger partial charge in [-0.05, 0) is 36.6 Å². The van der Waals surface area contributed by atoms with Crippen LogP contribution in [0.4, 0.5) is 18.9 Å². The van der Waals surface area contributed by atoms with Crippen molar-refractivity contribution in [3.63, 3.8) is 0 Å². The van der Waals surface area contributed by atoms with Crippen LogP contribution in [0.2, 0.25) is 5.02 Å². The number of hydrogen-bond acceptors (Lipinski definition) is 5. The third-order valence-corrected chi connectivity index (χ3v) is 4.92. The highest BCUT2D eigenvalue weighted by Crippen LogP contribution is 2.36. The van der Waals surface area contributed by atoms with Crippen LogP contribution in [0.1, 0.15) is 16.1 Å². The van der Waals surface area contributed by atoms with Gasteiger partial charge in [-0.15, -0.1) is 0 Å². The zero-order valence-electron chi connectivity index (χ0n) is 15.9. The number of alkyl halides is 3. The Morgan fingerprint density at radius 3 is 2.55 bits per heavy atom. The number of ether oxygens (including phenoxy) is 1. The molecule has 0 unspecified atom stereocenters. The lowest BCUT2D eigenvalue weighted by Crippen LogP contribution is -2.23. The molecule has 6 nitrogen and oxygen atoms in total. The molecule has 3 aromatic rings. The molecule has 162 valence electrons. The van der Waals surface area contributed by atoms with Crippen LogP contribution >= 0.6 is 23.4 Å². The second kappa shape index (κ2) is 9.44. The fourth-order valence-electron chi connectivity index (χ4n) is 2.70. The van der Waals surface area contributed by atoms with E-state index in [-0.39, 0.29) is 10.7 Å². The number of benzene rings is 2. The monoisotopic (exact) mass is 469 g/mol. The number of carbonyl (C=O) groups excluding carboxylic acids is 2. The van der Waals surface area contributed by atoms with Crippen LogP contribution in [0, 0.1) is 0 Å². The molecule has 31 heavy (non-hydrogen) atoms. The van der Waals surface area contributed by atoms with Crippen LogP contribution in [0.5, 0.6) is 0 Å². The number of anilines is 1. The zero-order valence-corrected chi connectivity index (χ0v) is 17.5. The van der Waals surface area contributed by atoms with Gasteiger partial charge in [-0.25, -0.2) is 9.78 Å². The molecule has 0 aliphatic rings. The van der Waals surface area contributed by atoms with Crippen LogP contribution in [0.25, 0.3) is 5.69 Å². The highest BCUT2D eigenvalue weighted by atomic mass is 35.5. The summed E-state index contributed by atoms with van der Waals surface area (Å²) in [6.07, 6.45) is -1.63. The topological polar surface area (TPSA) is 73.2 Å². The molecule has 0 spiro atoms. The Labute approximate surface area is 184 Å². The number of hydrogen-bond donors (Lipinski definition) is 1. The summed E-state index contributed by atoms with van der Waals surface area (Å²) in [6.45, 7) is -0.784. The van der Waals surface area contributed by atoms with E-state index in [9.17, 15) is 22.8 Å². The fraction of sp³-hybridized carbons (Fsp3) is 0.150. The summed E-state index contributed by atoms with van der Waals surface area (Å²) in [7, 11) is 0. The summed E-state index contributed by atoms with van der Waals surface area (Å²) < 4.78 is 46.0. The maximum absolute atomic E-state index is 13.1. The highest BCUT2D eigenvalue weighted by molar-refractivity contribution is 7.98.